The Balaban J connectivity index is 1.40. The molecule has 1 saturated carbocycles. The SMILES string of the molecule is CC(C)(C)c1nc(CN2CCCC(c3noc(C4CC4)n3)C2)no1. The van der Waals surface area contributed by atoms with Gasteiger partial charge in [0.2, 0.25) is 11.8 Å². The summed E-state index contributed by atoms with van der Waals surface area (Å²) in [5, 5.41) is 8.35. The van der Waals surface area contributed by atoms with Crippen LogP contribution in [0.1, 0.15) is 81.7 Å². The van der Waals surface area contributed by atoms with Crippen molar-refractivity contribution in [2.45, 2.75) is 70.3 Å². The zero-order chi connectivity index (χ0) is 16.7. The van der Waals surface area contributed by atoms with Crippen LogP contribution in [0.2, 0.25) is 0 Å². The van der Waals surface area contributed by atoms with E-state index in [1.165, 1.54) is 12.8 Å². The van der Waals surface area contributed by atoms with Crippen LogP contribution in [0.25, 0.3) is 0 Å². The highest BCUT2D eigenvalue weighted by atomic mass is 16.5. The van der Waals surface area contributed by atoms with Gasteiger partial charge in [-0.2, -0.15) is 9.97 Å². The van der Waals surface area contributed by atoms with Gasteiger partial charge >= 0.3 is 0 Å². The van der Waals surface area contributed by atoms with E-state index in [-0.39, 0.29) is 5.41 Å². The minimum atomic E-state index is -0.112. The lowest BCUT2D eigenvalue weighted by molar-refractivity contribution is 0.188. The molecule has 0 bridgehead atoms. The first-order valence-corrected chi connectivity index (χ1v) is 8.88. The van der Waals surface area contributed by atoms with E-state index < -0.39 is 0 Å². The van der Waals surface area contributed by atoms with E-state index in [0.717, 1.165) is 43.5 Å². The molecule has 1 aliphatic heterocycles. The maximum absolute atomic E-state index is 5.42. The van der Waals surface area contributed by atoms with Crippen LogP contribution in [0.5, 0.6) is 0 Å². The highest BCUT2D eigenvalue weighted by molar-refractivity contribution is 5.06. The van der Waals surface area contributed by atoms with Crippen LogP contribution in [0, 0.1) is 0 Å². The Bertz CT molecular complexity index is 698. The summed E-state index contributed by atoms with van der Waals surface area (Å²) in [6.45, 7) is 8.91. The van der Waals surface area contributed by atoms with Crippen LogP contribution >= 0.6 is 0 Å². The predicted octanol–water partition coefficient (Wildman–Crippen LogP) is 3.01. The summed E-state index contributed by atoms with van der Waals surface area (Å²) < 4.78 is 10.8. The second-order valence-corrected chi connectivity index (χ2v) is 8.11. The maximum Gasteiger partial charge on any atom is 0.232 e. The van der Waals surface area contributed by atoms with Crippen LogP contribution in [-0.2, 0) is 12.0 Å². The highest BCUT2D eigenvalue weighted by Crippen LogP contribution is 2.39. The Hall–Kier alpha value is -1.76. The molecule has 2 aromatic rings. The molecular weight excluding hydrogens is 306 g/mol. The van der Waals surface area contributed by atoms with Gasteiger partial charge in [0.25, 0.3) is 0 Å². The van der Waals surface area contributed by atoms with Crippen LogP contribution in [0.3, 0.4) is 0 Å². The molecule has 0 amide bonds. The molecule has 24 heavy (non-hydrogen) atoms. The van der Waals surface area contributed by atoms with E-state index in [1.807, 2.05) is 0 Å². The second-order valence-electron chi connectivity index (χ2n) is 8.11. The summed E-state index contributed by atoms with van der Waals surface area (Å²) in [6, 6.07) is 0. The van der Waals surface area contributed by atoms with Crippen molar-refractivity contribution in [3.05, 3.63) is 23.4 Å². The van der Waals surface area contributed by atoms with E-state index in [2.05, 4.69) is 46.0 Å². The highest BCUT2D eigenvalue weighted by Gasteiger charge is 2.32. The lowest BCUT2D eigenvalue weighted by atomic mass is 9.97. The fourth-order valence-electron chi connectivity index (χ4n) is 3.14. The third kappa shape index (κ3) is 3.36. The molecule has 7 nitrogen and oxygen atoms in total. The molecule has 1 aliphatic carbocycles. The minimum absolute atomic E-state index is 0.112. The topological polar surface area (TPSA) is 81.1 Å². The van der Waals surface area contributed by atoms with Gasteiger partial charge in [-0.05, 0) is 32.2 Å². The van der Waals surface area contributed by atoms with Crippen molar-refractivity contribution in [3.63, 3.8) is 0 Å². The first-order valence-electron chi connectivity index (χ1n) is 8.88. The van der Waals surface area contributed by atoms with Crippen LogP contribution in [0.15, 0.2) is 9.05 Å². The van der Waals surface area contributed by atoms with Crippen LogP contribution in [0.4, 0.5) is 0 Å². The average Bonchev–Trinajstić information content (AvgIpc) is 3.08. The molecule has 0 N–H and O–H groups in total. The van der Waals surface area contributed by atoms with Gasteiger partial charge in [0, 0.05) is 23.8 Å². The van der Waals surface area contributed by atoms with E-state index >= 15 is 0 Å². The Morgan fingerprint density at radius 1 is 1.04 bits per heavy atom. The molecule has 1 saturated heterocycles. The van der Waals surface area contributed by atoms with Crippen molar-refractivity contribution in [3.8, 4) is 0 Å². The van der Waals surface area contributed by atoms with E-state index in [4.69, 9.17) is 9.05 Å². The summed E-state index contributed by atoms with van der Waals surface area (Å²) in [5.74, 6) is 4.00. The monoisotopic (exact) mass is 331 g/mol. The molecule has 2 aromatic heterocycles. The summed E-state index contributed by atoms with van der Waals surface area (Å²) in [7, 11) is 0. The van der Waals surface area contributed by atoms with Crippen molar-refractivity contribution in [2.75, 3.05) is 13.1 Å². The number of hydrogen-bond acceptors (Lipinski definition) is 7. The molecular formula is C17H25N5O2. The lowest BCUT2D eigenvalue weighted by Gasteiger charge is -2.30. The Labute approximate surface area is 141 Å². The first-order chi connectivity index (χ1) is 11.5. The smallest absolute Gasteiger partial charge is 0.232 e. The van der Waals surface area contributed by atoms with Crippen molar-refractivity contribution in [1.29, 1.82) is 0 Å². The third-order valence-corrected chi connectivity index (χ3v) is 4.73. The third-order valence-electron chi connectivity index (χ3n) is 4.73. The van der Waals surface area contributed by atoms with Gasteiger partial charge in [0.15, 0.2) is 11.6 Å². The standard InChI is InChI=1S/C17H25N5O2/c1-17(2,3)16-18-13(20-24-16)10-22-8-4-5-12(9-22)14-19-15(23-21-14)11-6-7-11/h11-12H,4-10H2,1-3H3. The normalized spacial score (nSPS) is 22.9. The molecule has 0 radical (unpaired) electrons. The molecule has 130 valence electrons. The zero-order valence-electron chi connectivity index (χ0n) is 14.7. The van der Waals surface area contributed by atoms with E-state index in [1.54, 1.807) is 0 Å². The number of hydrogen-bond donors (Lipinski definition) is 0. The number of likely N-dealkylation sites (tertiary alicyclic amines) is 1. The Morgan fingerprint density at radius 2 is 1.88 bits per heavy atom. The molecule has 1 unspecified atom stereocenters. The van der Waals surface area contributed by atoms with E-state index in [9.17, 15) is 0 Å². The largest absolute Gasteiger partial charge is 0.339 e. The lowest BCUT2D eigenvalue weighted by Crippen LogP contribution is -2.34. The average molecular weight is 331 g/mol. The zero-order valence-corrected chi connectivity index (χ0v) is 14.7. The fraction of sp³-hybridized carbons (Fsp3) is 0.765. The molecule has 1 atom stereocenters. The van der Waals surface area contributed by atoms with Crippen LogP contribution < -0.4 is 0 Å². The number of aromatic nitrogens is 4. The molecule has 4 rings (SSSR count). The summed E-state index contributed by atoms with van der Waals surface area (Å²) in [4.78, 5) is 11.5. The van der Waals surface area contributed by atoms with Gasteiger partial charge in [-0.25, -0.2) is 0 Å². The minimum Gasteiger partial charge on any atom is -0.339 e. The number of nitrogens with zero attached hydrogens (tertiary/aromatic N) is 5. The van der Waals surface area contributed by atoms with Gasteiger partial charge in [-0.15, -0.1) is 0 Å². The quantitative estimate of drug-likeness (QED) is 0.851. The molecule has 2 aliphatic rings. The summed E-state index contributed by atoms with van der Waals surface area (Å²) >= 11 is 0. The van der Waals surface area contributed by atoms with Gasteiger partial charge in [-0.3, -0.25) is 4.90 Å². The predicted molar refractivity (Wildman–Crippen MR) is 86.5 cm³/mol. The first kappa shape index (κ1) is 15.7. The van der Waals surface area contributed by atoms with Crippen molar-refractivity contribution >= 4 is 0 Å². The van der Waals surface area contributed by atoms with Gasteiger partial charge in [-0.1, -0.05) is 31.1 Å². The molecule has 0 aromatic carbocycles. The van der Waals surface area contributed by atoms with Gasteiger partial charge in [0.05, 0.1) is 6.54 Å². The van der Waals surface area contributed by atoms with Gasteiger partial charge < -0.3 is 9.05 Å². The number of rotatable bonds is 4. The molecule has 0 spiro atoms. The van der Waals surface area contributed by atoms with E-state index in [0.29, 0.717) is 24.3 Å². The van der Waals surface area contributed by atoms with Crippen molar-refractivity contribution < 1.29 is 9.05 Å². The molecule has 2 fully saturated rings. The van der Waals surface area contributed by atoms with Crippen molar-refractivity contribution in [2.24, 2.45) is 0 Å². The molecule has 3 heterocycles. The van der Waals surface area contributed by atoms with Gasteiger partial charge in [0.1, 0.15) is 0 Å². The summed E-state index contributed by atoms with van der Waals surface area (Å²) in [5.41, 5.74) is -0.112. The number of piperidine rings is 1. The Morgan fingerprint density at radius 3 is 2.58 bits per heavy atom. The molecule has 7 heteroatoms. The van der Waals surface area contributed by atoms with Crippen LogP contribution in [-0.4, -0.2) is 38.3 Å². The second kappa shape index (κ2) is 5.95. The van der Waals surface area contributed by atoms with Crippen molar-refractivity contribution in [1.82, 2.24) is 25.2 Å². The maximum atomic E-state index is 5.42. The fourth-order valence-corrected chi connectivity index (χ4v) is 3.14. The Kier molecular flexibility index (Phi) is 3.90. The summed E-state index contributed by atoms with van der Waals surface area (Å²) in [6.07, 6.45) is 4.61.